The van der Waals surface area contributed by atoms with Gasteiger partial charge in [0.05, 0.1) is 5.60 Å². The van der Waals surface area contributed by atoms with Crippen molar-refractivity contribution in [1.29, 1.82) is 0 Å². The van der Waals surface area contributed by atoms with Crippen LogP contribution in [-0.2, 0) is 4.74 Å². The van der Waals surface area contributed by atoms with Crippen LogP contribution in [0.15, 0.2) is 0 Å². The van der Waals surface area contributed by atoms with E-state index in [0.717, 1.165) is 12.8 Å². The summed E-state index contributed by atoms with van der Waals surface area (Å²) in [6.45, 7) is 9.55. The molecule has 1 saturated heterocycles. The zero-order valence-corrected chi connectivity index (χ0v) is 12.8. The lowest BCUT2D eigenvalue weighted by atomic mass is 9.90. The fourth-order valence-corrected chi connectivity index (χ4v) is 2.39. The largest absolute Gasteiger partial charge is 0.444 e. The molecule has 1 heterocycles. The summed E-state index contributed by atoms with van der Waals surface area (Å²) < 4.78 is 5.42. The minimum Gasteiger partial charge on any atom is -0.444 e. The van der Waals surface area contributed by atoms with Gasteiger partial charge in [0.2, 0.25) is 0 Å². The molecule has 0 aromatic heterocycles. The molecule has 1 amide bonds. The van der Waals surface area contributed by atoms with Crippen molar-refractivity contribution < 1.29 is 14.6 Å². The SMILES string of the molecule is CC(C)(O)CC1CCC(N)CN1C(=O)OC(C)(C)C. The summed E-state index contributed by atoms with van der Waals surface area (Å²) in [6.07, 6.45) is 1.89. The van der Waals surface area contributed by atoms with Crippen molar-refractivity contribution in [3.05, 3.63) is 0 Å². The minimum atomic E-state index is -0.799. The van der Waals surface area contributed by atoms with E-state index in [4.69, 9.17) is 10.5 Å². The van der Waals surface area contributed by atoms with Gasteiger partial charge in [-0.2, -0.15) is 0 Å². The van der Waals surface area contributed by atoms with E-state index in [1.165, 1.54) is 0 Å². The van der Waals surface area contributed by atoms with Crippen molar-refractivity contribution in [3.63, 3.8) is 0 Å². The lowest BCUT2D eigenvalue weighted by Crippen LogP contribution is -2.54. The summed E-state index contributed by atoms with van der Waals surface area (Å²) in [5.41, 5.74) is 4.63. The van der Waals surface area contributed by atoms with E-state index < -0.39 is 11.2 Å². The molecule has 2 unspecified atom stereocenters. The number of hydrogen-bond acceptors (Lipinski definition) is 4. The highest BCUT2D eigenvalue weighted by Crippen LogP contribution is 2.26. The van der Waals surface area contributed by atoms with Gasteiger partial charge in [-0.3, -0.25) is 0 Å². The Kier molecular flexibility index (Phi) is 4.85. The monoisotopic (exact) mass is 272 g/mol. The van der Waals surface area contributed by atoms with E-state index in [2.05, 4.69) is 0 Å². The number of nitrogens with zero attached hydrogens (tertiary/aromatic N) is 1. The molecule has 0 spiro atoms. The van der Waals surface area contributed by atoms with Crippen LogP contribution in [0.25, 0.3) is 0 Å². The maximum absolute atomic E-state index is 12.2. The number of aliphatic hydroxyl groups is 1. The van der Waals surface area contributed by atoms with Gasteiger partial charge in [0, 0.05) is 18.6 Å². The molecule has 1 fully saturated rings. The van der Waals surface area contributed by atoms with E-state index in [0.29, 0.717) is 13.0 Å². The van der Waals surface area contributed by atoms with E-state index in [-0.39, 0.29) is 18.2 Å². The third kappa shape index (κ3) is 5.78. The fraction of sp³-hybridized carbons (Fsp3) is 0.929. The number of piperidine rings is 1. The van der Waals surface area contributed by atoms with Crippen molar-refractivity contribution in [3.8, 4) is 0 Å². The summed E-state index contributed by atoms with van der Waals surface area (Å²) in [5, 5.41) is 9.96. The number of amides is 1. The van der Waals surface area contributed by atoms with Crippen molar-refractivity contribution in [2.24, 2.45) is 5.73 Å². The van der Waals surface area contributed by atoms with Crippen LogP contribution in [0.2, 0.25) is 0 Å². The Morgan fingerprint density at radius 3 is 2.37 bits per heavy atom. The van der Waals surface area contributed by atoms with Gasteiger partial charge in [0.15, 0.2) is 0 Å². The highest BCUT2D eigenvalue weighted by molar-refractivity contribution is 5.68. The molecule has 5 nitrogen and oxygen atoms in total. The van der Waals surface area contributed by atoms with E-state index in [1.807, 2.05) is 20.8 Å². The number of carbonyl (C=O) groups is 1. The lowest BCUT2D eigenvalue weighted by Gasteiger charge is -2.41. The summed E-state index contributed by atoms with van der Waals surface area (Å²) >= 11 is 0. The molecule has 19 heavy (non-hydrogen) atoms. The normalized spacial score (nSPS) is 25.3. The Labute approximate surface area is 116 Å². The first-order chi connectivity index (χ1) is 8.48. The van der Waals surface area contributed by atoms with Gasteiger partial charge in [-0.05, 0) is 53.9 Å². The van der Waals surface area contributed by atoms with Crippen LogP contribution in [0.4, 0.5) is 4.79 Å². The van der Waals surface area contributed by atoms with Gasteiger partial charge in [0.1, 0.15) is 5.60 Å². The Balaban J connectivity index is 2.75. The van der Waals surface area contributed by atoms with Crippen molar-refractivity contribution >= 4 is 6.09 Å². The maximum atomic E-state index is 12.2. The standard InChI is InChI=1S/C14H28N2O3/c1-13(2,3)19-12(17)16-9-10(15)6-7-11(16)8-14(4,5)18/h10-11,18H,6-9,15H2,1-5H3. The first kappa shape index (κ1) is 16.2. The van der Waals surface area contributed by atoms with Crippen LogP contribution in [0.1, 0.15) is 53.9 Å². The summed E-state index contributed by atoms with van der Waals surface area (Å²) in [4.78, 5) is 13.9. The number of hydrogen-bond donors (Lipinski definition) is 2. The van der Waals surface area contributed by atoms with E-state index >= 15 is 0 Å². The number of carbonyl (C=O) groups excluding carboxylic acids is 1. The second-order valence-electron chi connectivity index (χ2n) is 7.14. The molecule has 0 aliphatic carbocycles. The van der Waals surface area contributed by atoms with Crippen LogP contribution >= 0.6 is 0 Å². The molecule has 0 radical (unpaired) electrons. The Morgan fingerprint density at radius 2 is 1.89 bits per heavy atom. The molecule has 0 aromatic rings. The molecule has 0 saturated carbocycles. The average Bonchev–Trinajstić information content (AvgIpc) is 2.16. The van der Waals surface area contributed by atoms with Gasteiger partial charge in [-0.25, -0.2) is 4.79 Å². The minimum absolute atomic E-state index is 0.00495. The summed E-state index contributed by atoms with van der Waals surface area (Å²) in [7, 11) is 0. The number of nitrogens with two attached hydrogens (primary N) is 1. The van der Waals surface area contributed by atoms with Gasteiger partial charge in [-0.1, -0.05) is 0 Å². The summed E-state index contributed by atoms with van der Waals surface area (Å²) in [5.74, 6) is 0. The highest BCUT2D eigenvalue weighted by atomic mass is 16.6. The topological polar surface area (TPSA) is 75.8 Å². The first-order valence-corrected chi connectivity index (χ1v) is 6.95. The van der Waals surface area contributed by atoms with Gasteiger partial charge in [-0.15, -0.1) is 0 Å². The van der Waals surface area contributed by atoms with Crippen molar-refractivity contribution in [2.45, 2.75) is 77.2 Å². The Bertz CT molecular complexity index is 318. The average molecular weight is 272 g/mol. The molecule has 3 N–H and O–H groups in total. The van der Waals surface area contributed by atoms with E-state index in [1.54, 1.807) is 18.7 Å². The molecule has 0 aromatic carbocycles. The first-order valence-electron chi connectivity index (χ1n) is 6.95. The number of ether oxygens (including phenoxy) is 1. The highest BCUT2D eigenvalue weighted by Gasteiger charge is 2.35. The second-order valence-corrected chi connectivity index (χ2v) is 7.14. The zero-order chi connectivity index (χ0) is 14.8. The van der Waals surface area contributed by atoms with Gasteiger partial charge in [0.25, 0.3) is 0 Å². The Hall–Kier alpha value is -0.810. The van der Waals surface area contributed by atoms with Crippen molar-refractivity contribution in [1.82, 2.24) is 4.90 Å². The van der Waals surface area contributed by atoms with Crippen LogP contribution < -0.4 is 5.73 Å². The van der Waals surface area contributed by atoms with Crippen LogP contribution in [0.3, 0.4) is 0 Å². The van der Waals surface area contributed by atoms with Crippen LogP contribution in [0.5, 0.6) is 0 Å². The molecular weight excluding hydrogens is 244 g/mol. The predicted molar refractivity (Wildman–Crippen MR) is 74.9 cm³/mol. The number of rotatable bonds is 2. The fourth-order valence-electron chi connectivity index (χ4n) is 2.39. The lowest BCUT2D eigenvalue weighted by molar-refractivity contribution is -0.0121. The summed E-state index contributed by atoms with van der Waals surface area (Å²) in [6, 6.07) is -0.0137. The van der Waals surface area contributed by atoms with Gasteiger partial charge < -0.3 is 20.5 Å². The van der Waals surface area contributed by atoms with Crippen LogP contribution in [-0.4, -0.2) is 45.9 Å². The molecule has 1 rings (SSSR count). The van der Waals surface area contributed by atoms with Crippen LogP contribution in [0, 0.1) is 0 Å². The molecule has 1 aliphatic heterocycles. The van der Waals surface area contributed by atoms with E-state index in [9.17, 15) is 9.90 Å². The Morgan fingerprint density at radius 1 is 1.32 bits per heavy atom. The zero-order valence-electron chi connectivity index (χ0n) is 12.8. The third-order valence-electron chi connectivity index (χ3n) is 3.11. The molecule has 5 heteroatoms. The molecular formula is C14H28N2O3. The number of likely N-dealkylation sites (tertiary alicyclic amines) is 1. The van der Waals surface area contributed by atoms with Gasteiger partial charge >= 0.3 is 6.09 Å². The van der Waals surface area contributed by atoms with Crippen molar-refractivity contribution in [2.75, 3.05) is 6.54 Å². The third-order valence-corrected chi connectivity index (χ3v) is 3.11. The molecule has 2 atom stereocenters. The smallest absolute Gasteiger partial charge is 0.410 e. The predicted octanol–water partition coefficient (Wildman–Crippen LogP) is 1.87. The molecule has 0 bridgehead atoms. The molecule has 1 aliphatic rings. The molecule has 112 valence electrons. The second kappa shape index (κ2) is 5.67. The quantitative estimate of drug-likeness (QED) is 0.804. The maximum Gasteiger partial charge on any atom is 0.410 e.